The number of rotatable bonds is 7. The van der Waals surface area contributed by atoms with Gasteiger partial charge in [0.15, 0.2) is 0 Å². The van der Waals surface area contributed by atoms with E-state index in [2.05, 4.69) is 33.9 Å². The second-order valence-electron chi connectivity index (χ2n) is 7.10. The van der Waals surface area contributed by atoms with Crippen molar-refractivity contribution in [3.8, 4) is 5.75 Å². The van der Waals surface area contributed by atoms with Crippen LogP contribution in [0.4, 0.5) is 0 Å². The number of carbonyl (C=O) groups is 1. The number of aliphatic hydroxyl groups excluding tert-OH is 1. The Morgan fingerprint density at radius 1 is 1.24 bits per heavy atom. The number of aldehydes is 1. The minimum atomic E-state index is -1.79. The second kappa shape index (κ2) is 7.23. The van der Waals surface area contributed by atoms with Gasteiger partial charge in [-0.1, -0.05) is 32.9 Å². The Morgan fingerprint density at radius 3 is 2.29 bits per heavy atom. The van der Waals surface area contributed by atoms with Gasteiger partial charge < -0.3 is 14.3 Å². The molecule has 4 heteroatoms. The fraction of sp³-hybridized carbons (Fsp3) is 0.588. The van der Waals surface area contributed by atoms with Crippen molar-refractivity contribution in [3.63, 3.8) is 0 Å². The van der Waals surface area contributed by atoms with Gasteiger partial charge in [-0.3, -0.25) is 0 Å². The van der Waals surface area contributed by atoms with Crippen LogP contribution in [0.1, 0.15) is 39.2 Å². The van der Waals surface area contributed by atoms with E-state index in [9.17, 15) is 9.90 Å². The molecule has 3 nitrogen and oxygen atoms in total. The number of hydrogen-bond donors (Lipinski definition) is 1. The van der Waals surface area contributed by atoms with Crippen molar-refractivity contribution in [2.45, 2.75) is 64.3 Å². The number of aliphatic hydroxyl groups is 1. The molecule has 0 aliphatic carbocycles. The summed E-state index contributed by atoms with van der Waals surface area (Å²) in [6, 6.07) is 8.08. The second-order valence-corrected chi connectivity index (χ2v) is 11.8. The highest BCUT2D eigenvalue weighted by atomic mass is 28.4. The van der Waals surface area contributed by atoms with Crippen molar-refractivity contribution < 1.29 is 14.3 Å². The Balaban J connectivity index is 2.60. The summed E-state index contributed by atoms with van der Waals surface area (Å²) in [5.41, 5.74) is 1.16. The summed E-state index contributed by atoms with van der Waals surface area (Å²) in [6.07, 6.45) is 1.83. The lowest BCUT2D eigenvalue weighted by Crippen LogP contribution is -2.43. The predicted octanol–water partition coefficient (Wildman–Crippen LogP) is 3.95. The van der Waals surface area contributed by atoms with Crippen LogP contribution in [0.3, 0.4) is 0 Å². The Bertz CT molecular complexity index is 446. The maximum Gasteiger partial charge on any atom is 0.250 e. The predicted molar refractivity (Wildman–Crippen MR) is 89.3 cm³/mol. The lowest BCUT2D eigenvalue weighted by atomic mass is 10.1. The monoisotopic (exact) mass is 308 g/mol. The van der Waals surface area contributed by atoms with Crippen LogP contribution >= 0.6 is 0 Å². The van der Waals surface area contributed by atoms with E-state index in [-0.39, 0.29) is 11.5 Å². The Labute approximate surface area is 129 Å². The van der Waals surface area contributed by atoms with Crippen LogP contribution in [0.15, 0.2) is 24.3 Å². The molecule has 0 saturated carbocycles. The molecule has 0 radical (unpaired) electrons. The summed E-state index contributed by atoms with van der Waals surface area (Å²) in [5, 5.41) is 9.74. The van der Waals surface area contributed by atoms with Gasteiger partial charge in [-0.05, 0) is 48.7 Å². The molecule has 1 rings (SSSR count). The highest BCUT2D eigenvalue weighted by Gasteiger charge is 2.38. The summed E-state index contributed by atoms with van der Waals surface area (Å²) in [4.78, 5) is 10.3. The Morgan fingerprint density at radius 2 is 1.81 bits per heavy atom. The van der Waals surface area contributed by atoms with Gasteiger partial charge in [0.05, 0.1) is 6.10 Å². The molecule has 1 atom stereocenters. The first-order valence-corrected chi connectivity index (χ1v) is 10.5. The highest BCUT2D eigenvalue weighted by molar-refractivity contribution is 6.74. The summed E-state index contributed by atoms with van der Waals surface area (Å²) >= 11 is 0. The van der Waals surface area contributed by atoms with Crippen LogP contribution in [-0.4, -0.2) is 25.8 Å². The standard InChI is InChI=1S/C17H28O3Si/c1-17(2,3)21(4,5)20-16-10-7-14(8-11-16)6-9-15(19)12-13-18/h7-8,10-11,13,15,19H,6,9,12H2,1-5H3/t15-/m0/s1. The molecule has 1 aromatic carbocycles. The first-order valence-electron chi connectivity index (χ1n) is 7.55. The van der Waals surface area contributed by atoms with E-state index in [4.69, 9.17) is 4.43 Å². The minimum Gasteiger partial charge on any atom is -0.544 e. The van der Waals surface area contributed by atoms with Crippen molar-refractivity contribution in [2.75, 3.05) is 0 Å². The fourth-order valence-corrected chi connectivity index (χ4v) is 2.77. The molecule has 0 aliphatic heterocycles. The molecule has 0 unspecified atom stereocenters. The van der Waals surface area contributed by atoms with Gasteiger partial charge in [0.1, 0.15) is 12.0 Å². The first-order chi connectivity index (χ1) is 9.65. The van der Waals surface area contributed by atoms with Gasteiger partial charge in [0, 0.05) is 6.42 Å². The zero-order chi connectivity index (χ0) is 16.1. The lowest BCUT2D eigenvalue weighted by molar-refractivity contribution is -0.109. The van der Waals surface area contributed by atoms with Gasteiger partial charge in [0.2, 0.25) is 8.32 Å². The molecule has 0 aliphatic rings. The number of hydrogen-bond acceptors (Lipinski definition) is 3. The zero-order valence-electron chi connectivity index (χ0n) is 13.8. The fourth-order valence-electron chi connectivity index (χ4n) is 1.73. The summed E-state index contributed by atoms with van der Waals surface area (Å²) in [6.45, 7) is 11.1. The number of benzene rings is 1. The van der Waals surface area contributed by atoms with Crippen LogP contribution in [-0.2, 0) is 11.2 Å². The van der Waals surface area contributed by atoms with E-state index in [1.807, 2.05) is 24.3 Å². The van der Waals surface area contributed by atoms with Crippen LogP contribution in [0.5, 0.6) is 5.75 Å². The van der Waals surface area contributed by atoms with E-state index in [1.165, 1.54) is 0 Å². The van der Waals surface area contributed by atoms with Crippen LogP contribution in [0.2, 0.25) is 18.1 Å². The summed E-state index contributed by atoms with van der Waals surface area (Å²) in [7, 11) is -1.79. The van der Waals surface area contributed by atoms with Crippen molar-refractivity contribution >= 4 is 14.6 Å². The molecule has 1 aromatic rings. The van der Waals surface area contributed by atoms with E-state index in [0.29, 0.717) is 6.42 Å². The number of aryl methyl sites for hydroxylation is 1. The number of carbonyl (C=O) groups excluding carboxylic acids is 1. The molecule has 0 aromatic heterocycles. The molecule has 21 heavy (non-hydrogen) atoms. The van der Waals surface area contributed by atoms with Gasteiger partial charge in [-0.2, -0.15) is 0 Å². The molecule has 0 spiro atoms. The van der Waals surface area contributed by atoms with Gasteiger partial charge in [0.25, 0.3) is 0 Å². The van der Waals surface area contributed by atoms with Crippen LogP contribution < -0.4 is 4.43 Å². The molecule has 0 heterocycles. The van der Waals surface area contributed by atoms with Crippen LogP contribution in [0.25, 0.3) is 0 Å². The van der Waals surface area contributed by atoms with Crippen molar-refractivity contribution in [1.29, 1.82) is 0 Å². The molecule has 0 fully saturated rings. The third-order valence-electron chi connectivity index (χ3n) is 4.24. The Kier molecular flexibility index (Phi) is 6.17. The molecular formula is C17H28O3Si. The quantitative estimate of drug-likeness (QED) is 0.613. The van der Waals surface area contributed by atoms with E-state index < -0.39 is 14.4 Å². The molecular weight excluding hydrogens is 280 g/mol. The molecule has 1 N–H and O–H groups in total. The van der Waals surface area contributed by atoms with Crippen LogP contribution in [0, 0.1) is 0 Å². The minimum absolute atomic E-state index is 0.185. The average molecular weight is 308 g/mol. The first kappa shape index (κ1) is 17.9. The molecule has 0 saturated heterocycles. The van der Waals surface area contributed by atoms with Gasteiger partial charge in [-0.15, -0.1) is 0 Å². The maximum atomic E-state index is 10.3. The largest absolute Gasteiger partial charge is 0.544 e. The third-order valence-corrected chi connectivity index (χ3v) is 8.60. The van der Waals surface area contributed by atoms with Crippen molar-refractivity contribution in [2.24, 2.45) is 0 Å². The summed E-state index contributed by atoms with van der Waals surface area (Å²) < 4.78 is 6.23. The van der Waals surface area contributed by atoms with E-state index in [0.717, 1.165) is 24.0 Å². The van der Waals surface area contributed by atoms with Gasteiger partial charge in [-0.25, -0.2) is 0 Å². The normalized spacial score (nSPS) is 13.8. The summed E-state index contributed by atoms with van der Waals surface area (Å²) in [5.74, 6) is 0.916. The molecule has 118 valence electrons. The van der Waals surface area contributed by atoms with Crippen molar-refractivity contribution in [3.05, 3.63) is 29.8 Å². The molecule has 0 bridgehead atoms. The lowest BCUT2D eigenvalue weighted by Gasteiger charge is -2.36. The Hall–Kier alpha value is -1.13. The average Bonchev–Trinajstić information content (AvgIpc) is 2.36. The highest BCUT2D eigenvalue weighted by Crippen LogP contribution is 2.37. The van der Waals surface area contributed by atoms with Gasteiger partial charge >= 0.3 is 0 Å². The topological polar surface area (TPSA) is 46.5 Å². The zero-order valence-corrected chi connectivity index (χ0v) is 14.8. The third kappa shape index (κ3) is 5.63. The molecule has 0 amide bonds. The van der Waals surface area contributed by atoms with E-state index >= 15 is 0 Å². The van der Waals surface area contributed by atoms with Crippen molar-refractivity contribution in [1.82, 2.24) is 0 Å². The maximum absolute atomic E-state index is 10.3. The van der Waals surface area contributed by atoms with E-state index in [1.54, 1.807) is 0 Å². The smallest absolute Gasteiger partial charge is 0.250 e. The SMILES string of the molecule is CC(C)(C)[Si](C)(C)Oc1ccc(CC[C@H](O)CC=O)cc1.